The fraction of sp³-hybridized carbons (Fsp3) is 0.407. The Morgan fingerprint density at radius 3 is 2.64 bits per heavy atom. The molecular weight excluding hydrogens is 408 g/mol. The maximum Gasteiger partial charge on any atom is 0.123 e. The van der Waals surface area contributed by atoms with E-state index in [4.69, 9.17) is 0 Å². The van der Waals surface area contributed by atoms with E-state index in [1.54, 1.807) is 12.7 Å². The van der Waals surface area contributed by atoms with E-state index in [1.165, 1.54) is 60.9 Å². The second kappa shape index (κ2) is 10.3. The van der Waals surface area contributed by atoms with Crippen molar-refractivity contribution in [2.24, 2.45) is 5.92 Å². The molecule has 1 fully saturated rings. The molecule has 0 amide bonds. The van der Waals surface area contributed by atoms with E-state index >= 15 is 0 Å². The van der Waals surface area contributed by atoms with E-state index in [1.807, 2.05) is 4.57 Å². The first-order valence-corrected chi connectivity index (χ1v) is 12.2. The number of hydrogen-bond acceptors (Lipinski definition) is 4. The molecule has 0 aliphatic carbocycles. The Labute approximate surface area is 196 Å². The normalized spacial score (nSPS) is 16.4. The van der Waals surface area contributed by atoms with Gasteiger partial charge in [0.05, 0.1) is 0 Å². The lowest BCUT2D eigenvalue weighted by Crippen LogP contribution is -2.38. The zero-order chi connectivity index (χ0) is 22.5. The zero-order valence-corrected chi connectivity index (χ0v) is 19.5. The van der Waals surface area contributed by atoms with E-state index in [0.29, 0.717) is 6.04 Å². The first-order valence-electron chi connectivity index (χ1n) is 12.2. The van der Waals surface area contributed by atoms with E-state index < -0.39 is 0 Å². The summed E-state index contributed by atoms with van der Waals surface area (Å²) in [7, 11) is 0. The van der Waals surface area contributed by atoms with Gasteiger partial charge in [-0.25, -0.2) is 0 Å². The number of rotatable bonds is 9. The quantitative estimate of drug-likeness (QED) is 0.393. The Bertz CT molecular complexity index is 1130. The van der Waals surface area contributed by atoms with E-state index in [-0.39, 0.29) is 0 Å². The number of hydrogen-bond donors (Lipinski definition) is 2. The van der Waals surface area contributed by atoms with Crippen LogP contribution in [0.4, 0.5) is 0 Å². The van der Waals surface area contributed by atoms with Gasteiger partial charge in [-0.15, -0.1) is 10.2 Å². The molecule has 5 rings (SSSR count). The summed E-state index contributed by atoms with van der Waals surface area (Å²) in [6, 6.07) is 17.7. The lowest BCUT2D eigenvalue weighted by Gasteiger charge is -2.32. The van der Waals surface area contributed by atoms with E-state index in [2.05, 4.69) is 87.0 Å². The van der Waals surface area contributed by atoms with Gasteiger partial charge >= 0.3 is 0 Å². The number of aromatic nitrogens is 4. The van der Waals surface area contributed by atoms with Gasteiger partial charge < -0.3 is 15.2 Å². The fourth-order valence-corrected chi connectivity index (χ4v) is 4.98. The summed E-state index contributed by atoms with van der Waals surface area (Å²) in [5.41, 5.74) is 5.07. The van der Waals surface area contributed by atoms with Gasteiger partial charge in [0.15, 0.2) is 0 Å². The molecule has 1 saturated heterocycles. The third-order valence-corrected chi connectivity index (χ3v) is 7.11. The number of benzene rings is 2. The minimum absolute atomic E-state index is 0.422. The molecule has 2 aromatic heterocycles. The number of fused-ring (bicyclic) bond motifs is 1. The largest absolute Gasteiger partial charge is 0.361 e. The fourth-order valence-electron chi connectivity index (χ4n) is 4.98. The highest BCUT2D eigenvalue weighted by Crippen LogP contribution is 2.24. The summed E-state index contributed by atoms with van der Waals surface area (Å²) in [5, 5.41) is 12.9. The van der Waals surface area contributed by atoms with Gasteiger partial charge in [0.1, 0.15) is 12.7 Å². The van der Waals surface area contributed by atoms with Crippen LogP contribution in [-0.4, -0.2) is 50.8 Å². The smallest absolute Gasteiger partial charge is 0.123 e. The van der Waals surface area contributed by atoms with Gasteiger partial charge in [0, 0.05) is 28.8 Å². The average molecular weight is 443 g/mol. The molecule has 4 aromatic rings. The predicted octanol–water partition coefficient (Wildman–Crippen LogP) is 4.74. The number of H-pyrrole nitrogens is 1. The first kappa shape index (κ1) is 21.9. The van der Waals surface area contributed by atoms with Crippen LogP contribution in [0.15, 0.2) is 67.4 Å². The lowest BCUT2D eigenvalue weighted by atomic mass is 9.95. The van der Waals surface area contributed by atoms with E-state index in [0.717, 1.165) is 24.6 Å². The number of aromatic amines is 1. The van der Waals surface area contributed by atoms with Gasteiger partial charge in [-0.3, -0.25) is 4.57 Å². The van der Waals surface area contributed by atoms with Gasteiger partial charge in [-0.1, -0.05) is 30.3 Å². The second-order valence-corrected chi connectivity index (χ2v) is 9.34. The third kappa shape index (κ3) is 5.34. The van der Waals surface area contributed by atoms with Crippen LogP contribution in [0.3, 0.4) is 0 Å². The SMILES string of the molecule is C[C@H](NCC1CCN(CCCc2c[nH]c3ccc(-n4cnnc4)cc23)CC1)c1ccccc1. The molecule has 0 saturated carbocycles. The standard InChI is InChI=1S/C27H34N6/c1-21(23-6-3-2-4-7-23)28-17-22-11-14-32(15-12-22)13-5-8-24-18-29-27-10-9-25(16-26(24)27)33-19-30-31-20-33/h2-4,6-7,9-10,16,18-22,28-29H,5,8,11-15,17H2,1H3/t21-/m0/s1. The molecule has 0 unspecified atom stereocenters. The van der Waals surface area contributed by atoms with Crippen LogP contribution in [0.25, 0.3) is 16.6 Å². The molecule has 6 nitrogen and oxygen atoms in total. The Morgan fingerprint density at radius 2 is 1.85 bits per heavy atom. The maximum atomic E-state index is 3.92. The van der Waals surface area contributed by atoms with Gasteiger partial charge in [0.25, 0.3) is 0 Å². The molecule has 1 aliphatic rings. The van der Waals surface area contributed by atoms with Crippen molar-refractivity contribution in [2.75, 3.05) is 26.2 Å². The van der Waals surface area contributed by atoms with Crippen molar-refractivity contribution < 1.29 is 0 Å². The first-order chi connectivity index (χ1) is 16.3. The van der Waals surface area contributed by atoms with Crippen molar-refractivity contribution in [3.8, 4) is 5.69 Å². The summed E-state index contributed by atoms with van der Waals surface area (Å²) >= 11 is 0. The lowest BCUT2D eigenvalue weighted by molar-refractivity contribution is 0.179. The second-order valence-electron chi connectivity index (χ2n) is 9.34. The number of nitrogens with zero attached hydrogens (tertiary/aromatic N) is 4. The Morgan fingerprint density at radius 1 is 1.06 bits per heavy atom. The highest BCUT2D eigenvalue weighted by molar-refractivity contribution is 5.85. The minimum atomic E-state index is 0.422. The van der Waals surface area contributed by atoms with Crippen LogP contribution in [0.5, 0.6) is 0 Å². The van der Waals surface area contributed by atoms with Gasteiger partial charge in [-0.05, 0) is 94.0 Å². The van der Waals surface area contributed by atoms with Crippen molar-refractivity contribution in [1.29, 1.82) is 0 Å². The topological polar surface area (TPSA) is 61.8 Å². The molecule has 1 atom stereocenters. The number of aryl methyl sites for hydroxylation is 1. The summed E-state index contributed by atoms with van der Waals surface area (Å²) in [5.74, 6) is 0.789. The molecule has 3 heterocycles. The van der Waals surface area contributed by atoms with Crippen molar-refractivity contribution in [1.82, 2.24) is 30.0 Å². The maximum absolute atomic E-state index is 3.92. The van der Waals surface area contributed by atoms with Crippen LogP contribution in [0.1, 0.15) is 43.4 Å². The van der Waals surface area contributed by atoms with Crippen molar-refractivity contribution in [3.05, 3.63) is 78.5 Å². The predicted molar refractivity (Wildman–Crippen MR) is 134 cm³/mol. The monoisotopic (exact) mass is 442 g/mol. The van der Waals surface area contributed by atoms with Crippen LogP contribution in [0, 0.1) is 5.92 Å². The molecule has 2 N–H and O–H groups in total. The molecule has 33 heavy (non-hydrogen) atoms. The van der Waals surface area contributed by atoms with Crippen LogP contribution >= 0.6 is 0 Å². The molecule has 0 spiro atoms. The van der Waals surface area contributed by atoms with Crippen molar-refractivity contribution in [2.45, 2.75) is 38.6 Å². The molecule has 172 valence electrons. The summed E-state index contributed by atoms with van der Waals surface area (Å²) in [4.78, 5) is 6.08. The highest BCUT2D eigenvalue weighted by Gasteiger charge is 2.19. The summed E-state index contributed by atoms with van der Waals surface area (Å²) < 4.78 is 1.95. The zero-order valence-electron chi connectivity index (χ0n) is 19.5. The van der Waals surface area contributed by atoms with Gasteiger partial charge in [-0.2, -0.15) is 0 Å². The molecule has 6 heteroatoms. The van der Waals surface area contributed by atoms with Crippen molar-refractivity contribution in [3.63, 3.8) is 0 Å². The summed E-state index contributed by atoms with van der Waals surface area (Å²) in [6.45, 7) is 7.01. The molecule has 1 aliphatic heterocycles. The average Bonchev–Trinajstić information content (AvgIpc) is 3.54. The Kier molecular flexibility index (Phi) is 6.84. The Balaban J connectivity index is 1.07. The number of nitrogens with one attached hydrogen (secondary N) is 2. The van der Waals surface area contributed by atoms with E-state index in [9.17, 15) is 0 Å². The number of piperidine rings is 1. The highest BCUT2D eigenvalue weighted by atomic mass is 15.2. The van der Waals surface area contributed by atoms with Crippen LogP contribution in [-0.2, 0) is 6.42 Å². The molecular formula is C27H34N6. The third-order valence-electron chi connectivity index (χ3n) is 7.11. The molecule has 0 bridgehead atoms. The van der Waals surface area contributed by atoms with Crippen LogP contribution < -0.4 is 5.32 Å². The molecule has 0 radical (unpaired) electrons. The number of likely N-dealkylation sites (tertiary alicyclic amines) is 1. The van der Waals surface area contributed by atoms with Crippen molar-refractivity contribution >= 4 is 10.9 Å². The van der Waals surface area contributed by atoms with Gasteiger partial charge in [0.2, 0.25) is 0 Å². The van der Waals surface area contributed by atoms with Crippen LogP contribution in [0.2, 0.25) is 0 Å². The summed E-state index contributed by atoms with van der Waals surface area (Å²) in [6.07, 6.45) is 10.5. The Hall–Kier alpha value is -2.96. The molecule has 2 aromatic carbocycles. The minimum Gasteiger partial charge on any atom is -0.361 e.